The Morgan fingerprint density at radius 3 is 3.00 bits per heavy atom. The Hall–Kier alpha value is -1.78. The van der Waals surface area contributed by atoms with Crippen molar-refractivity contribution in [1.82, 2.24) is 9.88 Å². The van der Waals surface area contributed by atoms with E-state index >= 15 is 0 Å². The van der Waals surface area contributed by atoms with Gasteiger partial charge < -0.3 is 15.0 Å². The van der Waals surface area contributed by atoms with Crippen LogP contribution in [0.15, 0.2) is 18.3 Å². The summed E-state index contributed by atoms with van der Waals surface area (Å²) in [5.74, 6) is -1.53. The van der Waals surface area contributed by atoms with Gasteiger partial charge in [-0.2, -0.15) is 0 Å². The third-order valence-corrected chi connectivity index (χ3v) is 2.59. The summed E-state index contributed by atoms with van der Waals surface area (Å²) < 4.78 is 0. The van der Waals surface area contributed by atoms with E-state index in [1.807, 2.05) is 12.1 Å². The van der Waals surface area contributed by atoms with Crippen LogP contribution in [0, 0.1) is 5.92 Å². The third-order valence-electron chi connectivity index (χ3n) is 2.59. The number of rotatable bonds is 3. The molecule has 2 rings (SSSR count). The lowest BCUT2D eigenvalue weighted by molar-refractivity contribution is -0.141. The van der Waals surface area contributed by atoms with E-state index in [4.69, 9.17) is 5.11 Å². The predicted octanol–water partition coefficient (Wildman–Crippen LogP) is 0.448. The van der Waals surface area contributed by atoms with Crippen LogP contribution in [0.2, 0.25) is 0 Å². The summed E-state index contributed by atoms with van der Waals surface area (Å²) in [6.07, 6.45) is 1.90. The largest absolute Gasteiger partial charge is 0.481 e. The van der Waals surface area contributed by atoms with Crippen molar-refractivity contribution in [2.24, 2.45) is 5.92 Å². The minimum absolute atomic E-state index is 0.0861. The topological polar surface area (TPSA) is 73.4 Å². The number of amides is 1. The Labute approximate surface area is 86.7 Å². The smallest absolute Gasteiger partial charge is 0.308 e. The van der Waals surface area contributed by atoms with Crippen LogP contribution in [0.4, 0.5) is 0 Å². The summed E-state index contributed by atoms with van der Waals surface area (Å²) in [5, 5.41) is 8.79. The van der Waals surface area contributed by atoms with Gasteiger partial charge in [-0.3, -0.25) is 9.59 Å². The van der Waals surface area contributed by atoms with Gasteiger partial charge in [-0.05, 0) is 12.1 Å². The molecule has 1 aromatic rings. The van der Waals surface area contributed by atoms with Crippen LogP contribution in [0.25, 0.3) is 0 Å². The number of carboxylic acids is 1. The molecule has 0 aliphatic carbocycles. The van der Waals surface area contributed by atoms with Crippen molar-refractivity contribution in [2.75, 3.05) is 6.54 Å². The Kier molecular flexibility index (Phi) is 2.45. The van der Waals surface area contributed by atoms with E-state index in [9.17, 15) is 9.59 Å². The summed E-state index contributed by atoms with van der Waals surface area (Å²) in [4.78, 5) is 26.7. The van der Waals surface area contributed by atoms with Crippen LogP contribution in [0.1, 0.15) is 12.1 Å². The molecule has 1 saturated heterocycles. The van der Waals surface area contributed by atoms with Gasteiger partial charge in [-0.1, -0.05) is 0 Å². The first-order valence-corrected chi connectivity index (χ1v) is 4.79. The Morgan fingerprint density at radius 2 is 2.47 bits per heavy atom. The van der Waals surface area contributed by atoms with Crippen molar-refractivity contribution in [3.8, 4) is 0 Å². The maximum Gasteiger partial charge on any atom is 0.308 e. The van der Waals surface area contributed by atoms with Crippen molar-refractivity contribution in [3.63, 3.8) is 0 Å². The van der Waals surface area contributed by atoms with Gasteiger partial charge >= 0.3 is 5.97 Å². The fourth-order valence-corrected chi connectivity index (χ4v) is 1.76. The molecule has 0 saturated carbocycles. The van der Waals surface area contributed by atoms with Crippen LogP contribution >= 0.6 is 0 Å². The van der Waals surface area contributed by atoms with Gasteiger partial charge in [-0.15, -0.1) is 0 Å². The zero-order valence-corrected chi connectivity index (χ0v) is 8.14. The van der Waals surface area contributed by atoms with E-state index in [-0.39, 0.29) is 12.3 Å². The van der Waals surface area contributed by atoms with E-state index in [1.54, 1.807) is 11.1 Å². The maximum absolute atomic E-state index is 11.5. The second-order valence-corrected chi connectivity index (χ2v) is 3.71. The maximum atomic E-state index is 11.5. The fourth-order valence-electron chi connectivity index (χ4n) is 1.76. The number of likely N-dealkylation sites (tertiary alicyclic amines) is 1. The normalized spacial score (nSPS) is 20.9. The van der Waals surface area contributed by atoms with Gasteiger partial charge in [0.05, 0.1) is 12.5 Å². The Bertz CT molecular complexity index is 372. The van der Waals surface area contributed by atoms with Crippen LogP contribution in [0.3, 0.4) is 0 Å². The molecule has 5 heteroatoms. The second kappa shape index (κ2) is 3.76. The summed E-state index contributed by atoms with van der Waals surface area (Å²) in [6, 6.07) is 3.73. The van der Waals surface area contributed by atoms with Crippen molar-refractivity contribution in [1.29, 1.82) is 0 Å². The van der Waals surface area contributed by atoms with Gasteiger partial charge in [-0.25, -0.2) is 0 Å². The number of aliphatic carboxylic acids is 1. The Balaban J connectivity index is 2.00. The van der Waals surface area contributed by atoms with Crippen molar-refractivity contribution >= 4 is 11.9 Å². The zero-order chi connectivity index (χ0) is 10.8. The first-order chi connectivity index (χ1) is 7.16. The first-order valence-electron chi connectivity index (χ1n) is 4.79. The summed E-state index contributed by atoms with van der Waals surface area (Å²) in [7, 11) is 0. The third kappa shape index (κ3) is 2.01. The highest BCUT2D eigenvalue weighted by atomic mass is 16.4. The monoisotopic (exact) mass is 208 g/mol. The molecular weight excluding hydrogens is 196 g/mol. The number of hydrogen-bond acceptors (Lipinski definition) is 2. The molecular formula is C10H12N2O3. The molecule has 0 spiro atoms. The molecule has 0 bridgehead atoms. The van der Waals surface area contributed by atoms with Gasteiger partial charge in [0.2, 0.25) is 5.91 Å². The number of nitrogens with zero attached hydrogens (tertiary/aromatic N) is 1. The van der Waals surface area contributed by atoms with Crippen LogP contribution < -0.4 is 0 Å². The highest BCUT2D eigenvalue weighted by Gasteiger charge is 2.34. The van der Waals surface area contributed by atoms with E-state index in [0.29, 0.717) is 13.1 Å². The lowest BCUT2D eigenvalue weighted by Crippen LogP contribution is -2.25. The molecule has 1 aliphatic heterocycles. The molecule has 1 amide bonds. The molecule has 1 aromatic heterocycles. The first kappa shape index (κ1) is 9.76. The number of H-pyrrole nitrogens is 1. The van der Waals surface area contributed by atoms with Gasteiger partial charge in [0.25, 0.3) is 0 Å². The van der Waals surface area contributed by atoms with E-state index in [2.05, 4.69) is 4.98 Å². The average Bonchev–Trinajstić information content (AvgIpc) is 2.77. The molecule has 0 aromatic carbocycles. The molecule has 1 aliphatic rings. The number of hydrogen-bond donors (Lipinski definition) is 2. The minimum atomic E-state index is -0.891. The van der Waals surface area contributed by atoms with E-state index in [1.165, 1.54) is 0 Å². The number of carbonyl (C=O) groups is 2. The van der Waals surface area contributed by atoms with Crippen LogP contribution in [-0.2, 0) is 16.1 Å². The number of aromatic nitrogens is 1. The highest BCUT2D eigenvalue weighted by Crippen LogP contribution is 2.19. The number of aromatic amines is 1. The van der Waals surface area contributed by atoms with E-state index in [0.717, 1.165) is 5.69 Å². The van der Waals surface area contributed by atoms with Gasteiger partial charge in [0.15, 0.2) is 0 Å². The predicted molar refractivity (Wildman–Crippen MR) is 52.0 cm³/mol. The van der Waals surface area contributed by atoms with E-state index < -0.39 is 11.9 Å². The second-order valence-electron chi connectivity index (χ2n) is 3.71. The molecule has 80 valence electrons. The molecule has 1 fully saturated rings. The summed E-state index contributed by atoms with van der Waals surface area (Å²) >= 11 is 0. The van der Waals surface area contributed by atoms with Gasteiger partial charge in [0.1, 0.15) is 0 Å². The number of carbonyl (C=O) groups excluding carboxylic acids is 1. The quantitative estimate of drug-likeness (QED) is 0.757. The highest BCUT2D eigenvalue weighted by molar-refractivity contribution is 5.85. The van der Waals surface area contributed by atoms with Crippen molar-refractivity contribution < 1.29 is 14.7 Å². The average molecular weight is 208 g/mol. The SMILES string of the molecule is O=C(O)C1CC(=O)N(Cc2ccc[nH]2)C1. The van der Waals surface area contributed by atoms with Crippen LogP contribution in [-0.4, -0.2) is 33.4 Å². The standard InChI is InChI=1S/C10H12N2O3/c13-9-4-7(10(14)15)5-12(9)6-8-2-1-3-11-8/h1-3,7,11H,4-6H2,(H,14,15). The summed E-state index contributed by atoms with van der Waals surface area (Å²) in [5.41, 5.74) is 0.925. The molecule has 15 heavy (non-hydrogen) atoms. The fraction of sp³-hybridized carbons (Fsp3) is 0.400. The van der Waals surface area contributed by atoms with Crippen molar-refractivity contribution in [2.45, 2.75) is 13.0 Å². The minimum Gasteiger partial charge on any atom is -0.481 e. The molecule has 1 unspecified atom stereocenters. The molecule has 0 radical (unpaired) electrons. The lowest BCUT2D eigenvalue weighted by Gasteiger charge is -2.14. The van der Waals surface area contributed by atoms with Gasteiger partial charge in [0, 0.05) is 24.9 Å². The zero-order valence-electron chi connectivity index (χ0n) is 8.14. The molecule has 1 atom stereocenters. The molecule has 5 nitrogen and oxygen atoms in total. The Morgan fingerprint density at radius 1 is 1.67 bits per heavy atom. The molecule has 2 N–H and O–H groups in total. The van der Waals surface area contributed by atoms with Crippen LogP contribution in [0.5, 0.6) is 0 Å². The lowest BCUT2D eigenvalue weighted by atomic mass is 10.1. The summed E-state index contributed by atoms with van der Waals surface area (Å²) in [6.45, 7) is 0.781. The van der Waals surface area contributed by atoms with Crippen molar-refractivity contribution in [3.05, 3.63) is 24.0 Å². The molecule has 2 heterocycles. The number of nitrogens with one attached hydrogen (secondary N) is 1. The number of carboxylic acid groups (broad SMARTS) is 1.